The molecular formula is C18H34O4. The van der Waals surface area contributed by atoms with E-state index in [2.05, 4.69) is 0 Å². The smallest absolute Gasteiger partial charge is 0.306 e. The molecule has 0 aliphatic rings. The zero-order valence-electron chi connectivity index (χ0n) is 15.6. The van der Waals surface area contributed by atoms with Crippen molar-refractivity contribution in [3.8, 4) is 0 Å². The van der Waals surface area contributed by atoms with Crippen molar-refractivity contribution in [2.24, 2.45) is 22.7 Å². The lowest BCUT2D eigenvalue weighted by atomic mass is 9.64. The second kappa shape index (κ2) is 8.54. The number of hydrogen-bond donors (Lipinski definition) is 0. The molecule has 0 amide bonds. The van der Waals surface area contributed by atoms with Gasteiger partial charge in [-0.05, 0) is 22.7 Å². The first-order valence-corrected chi connectivity index (χ1v) is 8.18. The van der Waals surface area contributed by atoms with Crippen molar-refractivity contribution in [1.29, 1.82) is 0 Å². The molecule has 0 heterocycles. The van der Waals surface area contributed by atoms with Gasteiger partial charge in [-0.1, -0.05) is 55.4 Å². The third-order valence-corrected chi connectivity index (χ3v) is 4.03. The van der Waals surface area contributed by atoms with Crippen molar-refractivity contribution in [1.82, 2.24) is 0 Å². The zero-order chi connectivity index (χ0) is 17.6. The largest absolute Gasteiger partial charge is 0.465 e. The second-order valence-electron chi connectivity index (χ2n) is 8.32. The van der Waals surface area contributed by atoms with E-state index < -0.39 is 5.41 Å². The van der Waals surface area contributed by atoms with Crippen LogP contribution < -0.4 is 0 Å². The SMILES string of the molecule is CC(C)COC(=O)CC(C)(CC(=O)OCC(C)C)C(C)(C)C. The lowest BCUT2D eigenvalue weighted by Crippen LogP contribution is -2.38. The van der Waals surface area contributed by atoms with E-state index >= 15 is 0 Å². The van der Waals surface area contributed by atoms with E-state index in [9.17, 15) is 9.59 Å². The Balaban J connectivity index is 4.80. The maximum absolute atomic E-state index is 12.1. The second-order valence-corrected chi connectivity index (χ2v) is 8.32. The number of hydrogen-bond acceptors (Lipinski definition) is 4. The van der Waals surface area contributed by atoms with Crippen molar-refractivity contribution < 1.29 is 19.1 Å². The Hall–Kier alpha value is -1.06. The summed E-state index contributed by atoms with van der Waals surface area (Å²) in [5.74, 6) is 0.118. The predicted molar refractivity (Wildman–Crippen MR) is 88.4 cm³/mol. The van der Waals surface area contributed by atoms with Crippen LogP contribution >= 0.6 is 0 Å². The van der Waals surface area contributed by atoms with Crippen LogP contribution in [0.3, 0.4) is 0 Å². The Morgan fingerprint density at radius 3 is 1.32 bits per heavy atom. The number of ether oxygens (including phenoxy) is 2. The fraction of sp³-hybridized carbons (Fsp3) is 0.889. The molecule has 4 nitrogen and oxygen atoms in total. The highest BCUT2D eigenvalue weighted by molar-refractivity contribution is 5.74. The van der Waals surface area contributed by atoms with E-state index in [0.29, 0.717) is 25.0 Å². The monoisotopic (exact) mass is 314 g/mol. The van der Waals surface area contributed by atoms with Crippen LogP contribution in [0.2, 0.25) is 0 Å². The third-order valence-electron chi connectivity index (χ3n) is 4.03. The Kier molecular flexibility index (Phi) is 8.13. The summed E-state index contributed by atoms with van der Waals surface area (Å²) in [6.07, 6.45) is 0.444. The van der Waals surface area contributed by atoms with Crippen molar-refractivity contribution in [3.63, 3.8) is 0 Å². The highest BCUT2D eigenvalue weighted by atomic mass is 16.5. The molecule has 0 unspecified atom stereocenters. The van der Waals surface area contributed by atoms with E-state index in [1.807, 2.05) is 55.4 Å². The summed E-state index contributed by atoms with van der Waals surface area (Å²) in [5.41, 5.74) is -0.699. The van der Waals surface area contributed by atoms with Gasteiger partial charge in [0.25, 0.3) is 0 Å². The van der Waals surface area contributed by atoms with E-state index in [4.69, 9.17) is 9.47 Å². The summed E-state index contributed by atoms with van der Waals surface area (Å²) in [6, 6.07) is 0. The van der Waals surface area contributed by atoms with Gasteiger partial charge in [-0.25, -0.2) is 0 Å². The Morgan fingerprint density at radius 2 is 1.09 bits per heavy atom. The number of esters is 2. The number of rotatable bonds is 8. The predicted octanol–water partition coefficient (Wildman–Crippen LogP) is 4.22. The summed E-state index contributed by atoms with van der Waals surface area (Å²) in [5, 5.41) is 0. The van der Waals surface area contributed by atoms with Crippen LogP contribution in [-0.2, 0) is 19.1 Å². The molecule has 0 aliphatic heterocycles. The van der Waals surface area contributed by atoms with Crippen LogP contribution in [0.1, 0.15) is 68.2 Å². The first kappa shape index (κ1) is 20.9. The van der Waals surface area contributed by atoms with Crippen molar-refractivity contribution in [2.75, 3.05) is 13.2 Å². The Bertz CT molecular complexity index is 338. The zero-order valence-corrected chi connectivity index (χ0v) is 15.6. The minimum Gasteiger partial charge on any atom is -0.465 e. The molecule has 0 spiro atoms. The molecule has 0 fully saturated rings. The van der Waals surface area contributed by atoms with Crippen LogP contribution in [0.4, 0.5) is 0 Å². The molecule has 0 radical (unpaired) electrons. The van der Waals surface area contributed by atoms with Gasteiger partial charge in [-0.2, -0.15) is 0 Å². The van der Waals surface area contributed by atoms with Gasteiger partial charge >= 0.3 is 11.9 Å². The lowest BCUT2D eigenvalue weighted by molar-refractivity contribution is -0.155. The fourth-order valence-corrected chi connectivity index (χ4v) is 1.85. The highest BCUT2D eigenvalue weighted by Gasteiger charge is 2.42. The Labute approximate surface area is 135 Å². The van der Waals surface area contributed by atoms with E-state index in [0.717, 1.165) is 0 Å². The topological polar surface area (TPSA) is 52.6 Å². The summed E-state index contributed by atoms with van der Waals surface area (Å²) in [4.78, 5) is 24.2. The Morgan fingerprint density at radius 1 is 0.773 bits per heavy atom. The maximum atomic E-state index is 12.1. The molecule has 0 rings (SSSR count). The molecule has 0 aliphatic carbocycles. The van der Waals surface area contributed by atoms with Gasteiger partial charge in [0.05, 0.1) is 26.1 Å². The molecule has 0 aromatic rings. The molecule has 0 saturated heterocycles. The van der Waals surface area contributed by atoms with Gasteiger partial charge in [0.2, 0.25) is 0 Å². The molecule has 0 aromatic heterocycles. The molecule has 0 aromatic carbocycles. The summed E-state index contributed by atoms with van der Waals surface area (Å²) in [7, 11) is 0. The van der Waals surface area contributed by atoms with Gasteiger partial charge in [-0.15, -0.1) is 0 Å². The lowest BCUT2D eigenvalue weighted by Gasteiger charge is -2.40. The number of carbonyl (C=O) groups excluding carboxylic acids is 2. The van der Waals surface area contributed by atoms with E-state index in [1.165, 1.54) is 0 Å². The van der Waals surface area contributed by atoms with Crippen molar-refractivity contribution in [2.45, 2.75) is 68.2 Å². The minimum absolute atomic E-state index is 0.208. The summed E-state index contributed by atoms with van der Waals surface area (Å²) < 4.78 is 10.6. The van der Waals surface area contributed by atoms with Crippen LogP contribution in [0.15, 0.2) is 0 Å². The van der Waals surface area contributed by atoms with Gasteiger partial charge in [-0.3, -0.25) is 9.59 Å². The maximum Gasteiger partial charge on any atom is 0.306 e. The molecule has 4 heteroatoms. The molecule has 0 saturated carbocycles. The van der Waals surface area contributed by atoms with Crippen molar-refractivity contribution >= 4 is 11.9 Å². The van der Waals surface area contributed by atoms with Gasteiger partial charge in [0.15, 0.2) is 0 Å². The van der Waals surface area contributed by atoms with Gasteiger partial charge in [0.1, 0.15) is 0 Å². The molecule has 0 atom stereocenters. The normalized spacial score (nSPS) is 12.6. The fourth-order valence-electron chi connectivity index (χ4n) is 1.85. The molecule has 0 bridgehead atoms. The minimum atomic E-state index is -0.491. The van der Waals surface area contributed by atoms with Gasteiger partial charge < -0.3 is 9.47 Å². The van der Waals surface area contributed by atoms with Crippen LogP contribution in [0.25, 0.3) is 0 Å². The highest BCUT2D eigenvalue weighted by Crippen LogP contribution is 2.44. The average molecular weight is 314 g/mol. The van der Waals surface area contributed by atoms with E-state index in [1.54, 1.807) is 0 Å². The van der Waals surface area contributed by atoms with Crippen molar-refractivity contribution in [3.05, 3.63) is 0 Å². The molecule has 22 heavy (non-hydrogen) atoms. The van der Waals surface area contributed by atoms with Crippen LogP contribution in [0.5, 0.6) is 0 Å². The van der Waals surface area contributed by atoms with Crippen LogP contribution in [0, 0.1) is 22.7 Å². The molecule has 0 N–H and O–H groups in total. The van der Waals surface area contributed by atoms with Crippen LogP contribution in [-0.4, -0.2) is 25.2 Å². The standard InChI is InChI=1S/C18H34O4/c1-13(2)11-21-15(19)9-18(8,17(5,6)7)10-16(20)22-12-14(3)4/h13-14H,9-12H2,1-8H3. The number of carbonyl (C=O) groups is 2. The quantitative estimate of drug-likeness (QED) is 0.630. The van der Waals surface area contributed by atoms with Gasteiger partial charge in [0, 0.05) is 0 Å². The summed E-state index contributed by atoms with van der Waals surface area (Å²) in [6.45, 7) is 16.9. The summed E-state index contributed by atoms with van der Waals surface area (Å²) >= 11 is 0. The first-order chi connectivity index (χ1) is 9.87. The molecular weight excluding hydrogens is 280 g/mol. The first-order valence-electron chi connectivity index (χ1n) is 8.18. The van der Waals surface area contributed by atoms with E-state index in [-0.39, 0.29) is 30.2 Å². The molecule has 130 valence electrons. The third kappa shape index (κ3) is 7.81. The average Bonchev–Trinajstić information content (AvgIpc) is 2.32.